The summed E-state index contributed by atoms with van der Waals surface area (Å²) in [5, 5.41) is 0. The van der Waals surface area contributed by atoms with Crippen molar-refractivity contribution in [2.24, 2.45) is 11.7 Å². The summed E-state index contributed by atoms with van der Waals surface area (Å²) >= 11 is 0. The van der Waals surface area contributed by atoms with Gasteiger partial charge in [-0.3, -0.25) is 4.79 Å². The van der Waals surface area contributed by atoms with Gasteiger partial charge in [0, 0.05) is 25.7 Å². The molecule has 0 aromatic heterocycles. The molecule has 20 heavy (non-hydrogen) atoms. The van der Waals surface area contributed by atoms with Crippen LogP contribution >= 0.6 is 12.4 Å². The second-order valence-corrected chi connectivity index (χ2v) is 6.51. The van der Waals surface area contributed by atoms with Crippen molar-refractivity contribution in [2.75, 3.05) is 20.2 Å². The summed E-state index contributed by atoms with van der Waals surface area (Å²) in [7, 11) is 1.89. The van der Waals surface area contributed by atoms with Gasteiger partial charge in [0.25, 0.3) is 0 Å². The number of amides is 1. The molecule has 1 aliphatic carbocycles. The Morgan fingerprint density at radius 2 is 2.00 bits per heavy atom. The largest absolute Gasteiger partial charge is 0.376 e. The van der Waals surface area contributed by atoms with Crippen molar-refractivity contribution in [3.63, 3.8) is 0 Å². The highest BCUT2D eigenvalue weighted by molar-refractivity contribution is 5.85. The van der Waals surface area contributed by atoms with E-state index in [-0.39, 0.29) is 35.9 Å². The third-order valence-corrected chi connectivity index (χ3v) is 4.68. The first-order valence-corrected chi connectivity index (χ1v) is 7.66. The number of nitrogens with two attached hydrogens (primary N) is 1. The molecule has 0 radical (unpaired) electrons. The molecule has 2 aliphatic rings. The van der Waals surface area contributed by atoms with Crippen LogP contribution in [0.3, 0.4) is 0 Å². The maximum atomic E-state index is 12.6. The molecule has 5 heteroatoms. The van der Waals surface area contributed by atoms with Crippen LogP contribution in [0, 0.1) is 5.92 Å². The average molecular weight is 305 g/mol. The molecule has 2 fully saturated rings. The number of carbonyl (C=O) groups excluding carboxylic acids is 1. The number of ether oxygens (including phenoxy) is 1. The van der Waals surface area contributed by atoms with Crippen LogP contribution in [-0.2, 0) is 9.53 Å². The first kappa shape index (κ1) is 17.7. The molecular formula is C15H29ClN2O2. The summed E-state index contributed by atoms with van der Waals surface area (Å²) < 4.78 is 5.71. The van der Waals surface area contributed by atoms with Gasteiger partial charge in [0.15, 0.2) is 0 Å². The molecule has 1 saturated heterocycles. The second kappa shape index (κ2) is 7.62. The van der Waals surface area contributed by atoms with Crippen LogP contribution in [-0.4, -0.2) is 42.6 Å². The minimum Gasteiger partial charge on any atom is -0.376 e. The van der Waals surface area contributed by atoms with Gasteiger partial charge in [0.2, 0.25) is 5.91 Å². The second-order valence-electron chi connectivity index (χ2n) is 6.51. The average Bonchev–Trinajstić information content (AvgIpc) is 2.38. The first-order valence-electron chi connectivity index (χ1n) is 7.66. The van der Waals surface area contributed by atoms with Crippen molar-refractivity contribution in [2.45, 2.75) is 63.5 Å². The maximum absolute atomic E-state index is 12.6. The molecule has 0 bridgehead atoms. The van der Waals surface area contributed by atoms with Crippen molar-refractivity contribution in [3.05, 3.63) is 0 Å². The van der Waals surface area contributed by atoms with Crippen molar-refractivity contribution in [1.82, 2.24) is 4.90 Å². The predicted molar refractivity (Wildman–Crippen MR) is 83.0 cm³/mol. The fourth-order valence-corrected chi connectivity index (χ4v) is 3.38. The van der Waals surface area contributed by atoms with E-state index in [1.54, 1.807) is 0 Å². The van der Waals surface area contributed by atoms with Gasteiger partial charge in [-0.05, 0) is 39.0 Å². The van der Waals surface area contributed by atoms with Crippen molar-refractivity contribution in [1.29, 1.82) is 0 Å². The van der Waals surface area contributed by atoms with Crippen LogP contribution in [0.4, 0.5) is 0 Å². The van der Waals surface area contributed by atoms with Gasteiger partial charge in [-0.2, -0.15) is 0 Å². The number of hydrogen-bond acceptors (Lipinski definition) is 3. The van der Waals surface area contributed by atoms with Crippen molar-refractivity contribution < 1.29 is 9.53 Å². The van der Waals surface area contributed by atoms with Gasteiger partial charge in [-0.1, -0.05) is 12.8 Å². The summed E-state index contributed by atoms with van der Waals surface area (Å²) in [5.74, 6) is 0.189. The summed E-state index contributed by atoms with van der Waals surface area (Å²) in [6, 6.07) is 0. The molecule has 4 nitrogen and oxygen atoms in total. The Kier molecular flexibility index (Phi) is 6.76. The summed E-state index contributed by atoms with van der Waals surface area (Å²) in [4.78, 5) is 14.4. The number of carbonyl (C=O) groups is 1. The lowest BCUT2D eigenvalue weighted by atomic mass is 9.74. The van der Waals surface area contributed by atoms with Crippen LogP contribution in [0.1, 0.15) is 51.9 Å². The predicted octanol–water partition coefficient (Wildman–Crippen LogP) is 2.34. The standard InChI is InChI=1S/C15H28N2O2.ClH/c1-15(16)9-5-3-8-13(15)14(18)17(2)11-12-7-4-6-10-19-12;/h12-13H,3-11,16H2,1-2H3;1H. The molecule has 2 rings (SSSR count). The lowest BCUT2D eigenvalue weighted by Gasteiger charge is -2.40. The van der Waals surface area contributed by atoms with E-state index in [1.807, 2.05) is 18.9 Å². The van der Waals surface area contributed by atoms with Gasteiger partial charge in [-0.15, -0.1) is 12.4 Å². The Morgan fingerprint density at radius 1 is 1.30 bits per heavy atom. The quantitative estimate of drug-likeness (QED) is 0.871. The number of nitrogens with zero attached hydrogens (tertiary/aromatic N) is 1. The summed E-state index contributed by atoms with van der Waals surface area (Å²) in [6.45, 7) is 3.58. The fourth-order valence-electron chi connectivity index (χ4n) is 3.38. The molecule has 118 valence electrons. The third kappa shape index (κ3) is 4.34. The van der Waals surface area contributed by atoms with E-state index in [4.69, 9.17) is 10.5 Å². The van der Waals surface area contributed by atoms with E-state index < -0.39 is 0 Å². The molecular weight excluding hydrogens is 276 g/mol. The zero-order chi connectivity index (χ0) is 13.9. The number of halogens is 1. The molecule has 1 amide bonds. The minimum atomic E-state index is -0.336. The number of hydrogen-bond donors (Lipinski definition) is 1. The normalized spacial score (nSPS) is 34.1. The lowest BCUT2D eigenvalue weighted by molar-refractivity contribution is -0.140. The van der Waals surface area contributed by atoms with E-state index >= 15 is 0 Å². The minimum absolute atomic E-state index is 0. The van der Waals surface area contributed by atoms with Crippen LogP contribution in [0.2, 0.25) is 0 Å². The topological polar surface area (TPSA) is 55.6 Å². The van der Waals surface area contributed by atoms with Gasteiger partial charge < -0.3 is 15.4 Å². The monoisotopic (exact) mass is 304 g/mol. The fraction of sp³-hybridized carbons (Fsp3) is 0.933. The van der Waals surface area contributed by atoms with Gasteiger partial charge in [0.05, 0.1) is 12.0 Å². The van der Waals surface area contributed by atoms with Crippen LogP contribution < -0.4 is 5.73 Å². The van der Waals surface area contributed by atoms with Crippen LogP contribution in [0.25, 0.3) is 0 Å². The number of rotatable bonds is 3. The van der Waals surface area contributed by atoms with Crippen molar-refractivity contribution in [3.8, 4) is 0 Å². The molecule has 1 heterocycles. The molecule has 0 spiro atoms. The molecule has 0 aromatic carbocycles. The molecule has 0 aromatic rings. The molecule has 1 aliphatic heterocycles. The van der Waals surface area contributed by atoms with Gasteiger partial charge >= 0.3 is 0 Å². The molecule has 3 unspecified atom stereocenters. The molecule has 3 atom stereocenters. The van der Waals surface area contributed by atoms with E-state index in [2.05, 4.69) is 0 Å². The summed E-state index contributed by atoms with van der Waals surface area (Å²) in [6.07, 6.45) is 7.81. The number of likely N-dealkylation sites (N-methyl/N-ethyl adjacent to an activating group) is 1. The Balaban J connectivity index is 0.00000200. The smallest absolute Gasteiger partial charge is 0.227 e. The SMILES string of the molecule is CN(CC1CCCCO1)C(=O)C1CCCCC1(C)N.Cl. The van der Waals surface area contributed by atoms with Gasteiger partial charge in [0.1, 0.15) is 0 Å². The summed E-state index contributed by atoms with van der Waals surface area (Å²) in [5.41, 5.74) is 5.98. The highest BCUT2D eigenvalue weighted by atomic mass is 35.5. The van der Waals surface area contributed by atoms with E-state index in [9.17, 15) is 4.79 Å². The van der Waals surface area contributed by atoms with Crippen molar-refractivity contribution >= 4 is 18.3 Å². The van der Waals surface area contributed by atoms with E-state index in [1.165, 1.54) is 6.42 Å². The Morgan fingerprint density at radius 3 is 2.60 bits per heavy atom. The molecule has 1 saturated carbocycles. The Hall–Kier alpha value is -0.320. The Labute approximate surface area is 128 Å². The first-order chi connectivity index (χ1) is 9.00. The van der Waals surface area contributed by atoms with E-state index in [0.29, 0.717) is 6.54 Å². The van der Waals surface area contributed by atoms with Crippen LogP contribution in [0.5, 0.6) is 0 Å². The highest BCUT2D eigenvalue weighted by Gasteiger charge is 2.39. The van der Waals surface area contributed by atoms with E-state index in [0.717, 1.165) is 45.1 Å². The molecule has 2 N–H and O–H groups in total. The zero-order valence-corrected chi connectivity index (χ0v) is 13.6. The maximum Gasteiger partial charge on any atom is 0.227 e. The Bertz CT molecular complexity index is 317. The zero-order valence-electron chi connectivity index (χ0n) is 12.8. The highest BCUT2D eigenvalue weighted by Crippen LogP contribution is 2.32. The lowest BCUT2D eigenvalue weighted by Crippen LogP contribution is -2.54. The van der Waals surface area contributed by atoms with Gasteiger partial charge in [-0.25, -0.2) is 0 Å². The third-order valence-electron chi connectivity index (χ3n) is 4.68. The van der Waals surface area contributed by atoms with Crippen LogP contribution in [0.15, 0.2) is 0 Å².